The highest BCUT2D eigenvalue weighted by atomic mass is 32.2. The Kier molecular flexibility index (Phi) is 3.26. The molecule has 1 amide bonds. The third-order valence-electron chi connectivity index (χ3n) is 3.58. The van der Waals surface area contributed by atoms with Crippen LogP contribution in [0, 0.1) is 0 Å². The molecule has 2 rings (SSSR count). The topological polar surface area (TPSA) is 36.9 Å². The molecule has 2 heterocycles. The van der Waals surface area contributed by atoms with Crippen molar-refractivity contribution in [1.29, 1.82) is 0 Å². The molecule has 2 fully saturated rings. The Morgan fingerprint density at radius 3 is 3.20 bits per heavy atom. The lowest BCUT2D eigenvalue weighted by molar-refractivity contribution is -0.735. The first-order valence-electron chi connectivity index (χ1n) is 5.93. The molecule has 2 saturated heterocycles. The van der Waals surface area contributed by atoms with Crippen molar-refractivity contribution >= 4 is 17.7 Å². The van der Waals surface area contributed by atoms with Crippen molar-refractivity contribution in [2.45, 2.75) is 44.0 Å². The quantitative estimate of drug-likeness (QED) is 0.761. The van der Waals surface area contributed by atoms with Gasteiger partial charge in [0.25, 0.3) is 0 Å². The molecule has 4 heteroatoms. The van der Waals surface area contributed by atoms with Crippen LogP contribution in [0.1, 0.15) is 33.1 Å². The Morgan fingerprint density at radius 2 is 2.47 bits per heavy atom. The van der Waals surface area contributed by atoms with Crippen LogP contribution in [0.2, 0.25) is 0 Å². The number of quaternary nitrogens is 1. The van der Waals surface area contributed by atoms with Crippen molar-refractivity contribution in [3.8, 4) is 0 Å². The Hall–Kier alpha value is -0.220. The highest BCUT2D eigenvalue weighted by Gasteiger charge is 2.49. The first-order valence-corrected chi connectivity index (χ1v) is 6.98. The second-order valence-corrected chi connectivity index (χ2v) is 5.92. The van der Waals surface area contributed by atoms with Gasteiger partial charge in [-0.3, -0.25) is 4.79 Å². The third kappa shape index (κ3) is 2.02. The number of hydrogen-bond acceptors (Lipinski definition) is 2. The number of unbranched alkanes of at least 4 members (excludes halogenated alkanes) is 1. The molecule has 0 saturated carbocycles. The van der Waals surface area contributed by atoms with Gasteiger partial charge in [0.1, 0.15) is 10.9 Å². The minimum atomic E-state index is 0.255. The number of rotatable bonds is 3. The molecule has 0 aromatic heterocycles. The van der Waals surface area contributed by atoms with Crippen molar-refractivity contribution in [3.63, 3.8) is 0 Å². The van der Waals surface area contributed by atoms with Gasteiger partial charge >= 0.3 is 0 Å². The average Bonchev–Trinajstić information content (AvgIpc) is 2.60. The molecule has 2 aliphatic heterocycles. The van der Waals surface area contributed by atoms with Crippen LogP contribution in [0.15, 0.2) is 0 Å². The molecule has 2 atom stereocenters. The SMILES string of the molecule is CCCC[C@]1(C)[NH2+]CCN2C(=O)CS[C@H]21. The summed E-state index contributed by atoms with van der Waals surface area (Å²) in [6.07, 6.45) is 3.74. The van der Waals surface area contributed by atoms with E-state index in [1.165, 1.54) is 19.3 Å². The summed E-state index contributed by atoms with van der Waals surface area (Å²) in [5.41, 5.74) is 0.255. The standard InChI is InChI=1S/C11H20N2OS/c1-3-4-5-11(2)10-13(7-6-12-11)9(14)8-15-10/h10,12H,3-8H2,1-2H3/p+1/t10-,11-/m0/s1. The summed E-state index contributed by atoms with van der Waals surface area (Å²) < 4.78 is 0. The molecule has 0 aliphatic carbocycles. The number of amides is 1. The fraction of sp³-hybridized carbons (Fsp3) is 0.909. The summed E-state index contributed by atoms with van der Waals surface area (Å²) in [5, 5.41) is 2.88. The van der Waals surface area contributed by atoms with Crippen LogP contribution in [0.3, 0.4) is 0 Å². The zero-order valence-electron chi connectivity index (χ0n) is 9.66. The zero-order valence-corrected chi connectivity index (χ0v) is 10.5. The van der Waals surface area contributed by atoms with Crippen LogP contribution >= 0.6 is 11.8 Å². The van der Waals surface area contributed by atoms with E-state index in [9.17, 15) is 4.79 Å². The summed E-state index contributed by atoms with van der Waals surface area (Å²) in [6, 6.07) is 0. The van der Waals surface area contributed by atoms with Gasteiger partial charge in [-0.25, -0.2) is 0 Å². The predicted molar refractivity (Wildman–Crippen MR) is 62.7 cm³/mol. The van der Waals surface area contributed by atoms with Crippen LogP contribution in [-0.4, -0.2) is 40.6 Å². The zero-order chi connectivity index (χ0) is 10.9. The highest BCUT2D eigenvalue weighted by molar-refractivity contribution is 8.01. The van der Waals surface area contributed by atoms with Crippen molar-refractivity contribution in [1.82, 2.24) is 4.90 Å². The summed E-state index contributed by atoms with van der Waals surface area (Å²) in [4.78, 5) is 13.8. The first-order chi connectivity index (χ1) is 7.17. The van der Waals surface area contributed by atoms with Crippen LogP contribution in [-0.2, 0) is 4.79 Å². The lowest BCUT2D eigenvalue weighted by atomic mass is 9.92. The van der Waals surface area contributed by atoms with E-state index in [4.69, 9.17) is 0 Å². The van der Waals surface area contributed by atoms with E-state index in [0.717, 1.165) is 13.1 Å². The Balaban J connectivity index is 2.08. The van der Waals surface area contributed by atoms with Crippen LogP contribution in [0.25, 0.3) is 0 Å². The second kappa shape index (κ2) is 4.34. The largest absolute Gasteiger partial charge is 0.338 e. The number of carbonyl (C=O) groups is 1. The van der Waals surface area contributed by atoms with E-state index in [-0.39, 0.29) is 5.54 Å². The molecule has 0 aromatic rings. The van der Waals surface area contributed by atoms with E-state index in [2.05, 4.69) is 24.1 Å². The maximum Gasteiger partial charge on any atom is 0.233 e. The number of hydrogen-bond donors (Lipinski definition) is 1. The second-order valence-electron chi connectivity index (χ2n) is 4.85. The number of nitrogens with zero attached hydrogens (tertiary/aromatic N) is 1. The van der Waals surface area contributed by atoms with Crippen molar-refractivity contribution in [2.75, 3.05) is 18.8 Å². The number of thioether (sulfide) groups is 1. The van der Waals surface area contributed by atoms with Gasteiger partial charge in [-0.1, -0.05) is 13.3 Å². The third-order valence-corrected chi connectivity index (χ3v) is 5.10. The normalized spacial score (nSPS) is 35.7. The van der Waals surface area contributed by atoms with Gasteiger partial charge in [0.05, 0.1) is 18.8 Å². The fourth-order valence-corrected chi connectivity index (χ4v) is 4.12. The molecule has 15 heavy (non-hydrogen) atoms. The van der Waals surface area contributed by atoms with Gasteiger partial charge in [-0.05, 0) is 13.3 Å². The molecule has 2 aliphatic rings. The maximum atomic E-state index is 11.7. The number of piperazine rings is 1. The lowest BCUT2D eigenvalue weighted by Crippen LogP contribution is -3.02. The fourth-order valence-electron chi connectivity index (χ4n) is 2.66. The summed E-state index contributed by atoms with van der Waals surface area (Å²) in [7, 11) is 0. The lowest BCUT2D eigenvalue weighted by Gasteiger charge is -2.41. The van der Waals surface area contributed by atoms with Crippen molar-refractivity contribution in [2.24, 2.45) is 0 Å². The molecule has 86 valence electrons. The Morgan fingerprint density at radius 1 is 1.67 bits per heavy atom. The molecule has 2 N–H and O–H groups in total. The van der Waals surface area contributed by atoms with E-state index >= 15 is 0 Å². The molecular formula is C11H21N2OS+. The minimum Gasteiger partial charge on any atom is -0.338 e. The first kappa shape index (κ1) is 11.3. The van der Waals surface area contributed by atoms with Gasteiger partial charge in [-0.15, -0.1) is 11.8 Å². The molecule has 3 nitrogen and oxygen atoms in total. The van der Waals surface area contributed by atoms with Crippen LogP contribution in [0.5, 0.6) is 0 Å². The maximum absolute atomic E-state index is 11.7. The van der Waals surface area contributed by atoms with Crippen LogP contribution < -0.4 is 5.32 Å². The summed E-state index contributed by atoms with van der Waals surface area (Å²) in [6.45, 7) is 6.57. The van der Waals surface area contributed by atoms with Gasteiger partial charge in [0, 0.05) is 6.42 Å². The average molecular weight is 229 g/mol. The van der Waals surface area contributed by atoms with Gasteiger partial charge in [0.15, 0.2) is 0 Å². The minimum absolute atomic E-state index is 0.255. The molecule has 0 radical (unpaired) electrons. The smallest absolute Gasteiger partial charge is 0.233 e. The highest BCUT2D eigenvalue weighted by Crippen LogP contribution is 2.34. The Labute approximate surface area is 96.0 Å². The van der Waals surface area contributed by atoms with Crippen molar-refractivity contribution < 1.29 is 10.1 Å². The predicted octanol–water partition coefficient (Wildman–Crippen LogP) is 0.414. The van der Waals surface area contributed by atoms with E-state index in [1.54, 1.807) is 0 Å². The molecule has 0 spiro atoms. The number of nitrogens with two attached hydrogens (primary N) is 1. The molecule has 0 bridgehead atoms. The Bertz CT molecular complexity index is 259. The van der Waals surface area contributed by atoms with E-state index < -0.39 is 0 Å². The number of carbonyl (C=O) groups excluding carboxylic acids is 1. The monoisotopic (exact) mass is 229 g/mol. The molecular weight excluding hydrogens is 208 g/mol. The van der Waals surface area contributed by atoms with Gasteiger partial charge in [0.2, 0.25) is 5.91 Å². The van der Waals surface area contributed by atoms with E-state index in [1.807, 2.05) is 11.8 Å². The summed E-state index contributed by atoms with van der Waals surface area (Å²) >= 11 is 1.84. The van der Waals surface area contributed by atoms with Crippen LogP contribution in [0.4, 0.5) is 0 Å². The van der Waals surface area contributed by atoms with Gasteiger partial charge < -0.3 is 10.2 Å². The van der Waals surface area contributed by atoms with Gasteiger partial charge in [-0.2, -0.15) is 0 Å². The number of fused-ring (bicyclic) bond motifs is 1. The molecule has 0 unspecified atom stereocenters. The van der Waals surface area contributed by atoms with Crippen molar-refractivity contribution in [3.05, 3.63) is 0 Å². The van der Waals surface area contributed by atoms with E-state index in [0.29, 0.717) is 17.0 Å². The molecule has 0 aromatic carbocycles. The summed E-state index contributed by atoms with van der Waals surface area (Å²) in [5.74, 6) is 1.04.